The predicted molar refractivity (Wildman–Crippen MR) is 38.2 cm³/mol. The van der Waals surface area contributed by atoms with Gasteiger partial charge in [0.05, 0.1) is 6.20 Å². The minimum absolute atomic E-state index is 0.396. The highest BCUT2D eigenvalue weighted by molar-refractivity contribution is 7.67. The Morgan fingerprint density at radius 3 is 2.58 bits per heavy atom. The van der Waals surface area contributed by atoms with E-state index in [1.54, 1.807) is 4.98 Å². The summed E-state index contributed by atoms with van der Waals surface area (Å²) in [5, 5.41) is 0. The van der Waals surface area contributed by atoms with E-state index >= 15 is 0 Å². The highest BCUT2D eigenvalue weighted by Gasteiger charge is 1.95. The Hall–Kier alpha value is -1.57. The number of rotatable bonds is 2. The van der Waals surface area contributed by atoms with Crippen molar-refractivity contribution < 1.29 is 12.7 Å². The zero-order valence-corrected chi connectivity index (χ0v) is 6.48. The molecule has 1 aromatic rings. The van der Waals surface area contributed by atoms with Gasteiger partial charge in [0.1, 0.15) is 0 Å². The average Bonchev–Trinajstić information content (AvgIpc) is 1.94. The molecule has 0 atom stereocenters. The van der Waals surface area contributed by atoms with Crippen molar-refractivity contribution in [1.82, 2.24) is 9.71 Å². The molecule has 0 unspecified atom stereocenters. The first-order chi connectivity index (χ1) is 5.59. The van der Waals surface area contributed by atoms with Crippen molar-refractivity contribution in [2.75, 3.05) is 0 Å². The third kappa shape index (κ3) is 1.95. The number of H-pyrrole nitrogens is 1. The third-order valence-corrected chi connectivity index (χ3v) is 1.26. The van der Waals surface area contributed by atoms with Crippen LogP contribution >= 0.6 is 0 Å². The van der Waals surface area contributed by atoms with Gasteiger partial charge in [0, 0.05) is 6.07 Å². The van der Waals surface area contributed by atoms with E-state index in [1.807, 2.05) is 0 Å². The molecule has 0 radical (unpaired) electrons. The lowest BCUT2D eigenvalue weighted by atomic mass is 10.7. The van der Waals surface area contributed by atoms with Crippen LogP contribution in [-0.4, -0.2) is 18.1 Å². The Morgan fingerprint density at radius 2 is 2.08 bits per heavy atom. The average molecular weight is 192 g/mol. The molecule has 1 heterocycles. The zero-order chi connectivity index (χ0) is 9.14. The van der Waals surface area contributed by atoms with E-state index in [-0.39, 0.29) is 0 Å². The van der Waals surface area contributed by atoms with E-state index < -0.39 is 22.2 Å². The van der Waals surface area contributed by atoms with Crippen LogP contribution in [0.1, 0.15) is 0 Å². The molecule has 8 heteroatoms. The fourth-order valence-electron chi connectivity index (χ4n) is 0.541. The molecule has 0 amide bonds. The van der Waals surface area contributed by atoms with Gasteiger partial charge in [-0.25, -0.2) is 4.79 Å². The predicted octanol–water partition coefficient (Wildman–Crippen LogP) is -2.51. The maximum Gasteiger partial charge on any atom is 0.362 e. The van der Waals surface area contributed by atoms with Crippen LogP contribution in [0.15, 0.2) is 21.9 Å². The molecule has 12 heavy (non-hydrogen) atoms. The number of nitrogens with zero attached hydrogens (tertiary/aromatic N) is 1. The minimum Gasteiger partial charge on any atom is -0.285 e. The van der Waals surface area contributed by atoms with E-state index in [9.17, 15) is 18.0 Å². The first-order valence-corrected chi connectivity index (χ1v) is 3.84. The minimum atomic E-state index is -3.16. The van der Waals surface area contributed by atoms with Crippen LogP contribution in [0.2, 0.25) is 0 Å². The van der Waals surface area contributed by atoms with Gasteiger partial charge in [0.2, 0.25) is 0 Å². The topological polar surface area (TPSA) is 98.2 Å². The molecule has 1 rings (SSSR count). The van der Waals surface area contributed by atoms with Crippen LogP contribution in [0.5, 0.6) is 0 Å². The van der Waals surface area contributed by atoms with Crippen molar-refractivity contribution in [2.45, 2.75) is 0 Å². The molecule has 0 aromatic carbocycles. The Balaban J connectivity index is 3.19. The van der Waals surface area contributed by atoms with Gasteiger partial charge >= 0.3 is 16.7 Å². The second kappa shape index (κ2) is 3.22. The summed E-state index contributed by atoms with van der Waals surface area (Å²) in [4.78, 5) is 22.9. The van der Waals surface area contributed by atoms with E-state index in [4.69, 9.17) is 0 Å². The molecule has 0 saturated carbocycles. The van der Waals surface area contributed by atoms with E-state index in [0.29, 0.717) is 4.73 Å². The third-order valence-electron chi connectivity index (χ3n) is 0.946. The van der Waals surface area contributed by atoms with Crippen LogP contribution in [0.3, 0.4) is 0 Å². The summed E-state index contributed by atoms with van der Waals surface area (Å²) in [5.74, 6) is 0. The van der Waals surface area contributed by atoms with Gasteiger partial charge in [-0.2, -0.15) is 8.42 Å². The smallest absolute Gasteiger partial charge is 0.285 e. The Kier molecular flexibility index (Phi) is 2.29. The van der Waals surface area contributed by atoms with Gasteiger partial charge in [-0.05, 0) is 0 Å². The van der Waals surface area contributed by atoms with Gasteiger partial charge in [-0.15, -0.1) is 4.73 Å². The van der Waals surface area contributed by atoms with E-state index in [1.165, 1.54) is 0 Å². The molecular weight excluding hydrogens is 188 g/mol. The lowest BCUT2D eigenvalue weighted by molar-refractivity contribution is 0.272. The number of hydrogen-bond donors (Lipinski definition) is 2. The van der Waals surface area contributed by atoms with Crippen molar-refractivity contribution >= 4 is 11.0 Å². The molecule has 7 nitrogen and oxygen atoms in total. The number of aromatic nitrogens is 2. The summed E-state index contributed by atoms with van der Waals surface area (Å²) in [7, 11) is -3.16. The first kappa shape index (κ1) is 8.53. The second-order valence-electron chi connectivity index (χ2n) is 1.74. The van der Waals surface area contributed by atoms with Gasteiger partial charge in [0.15, 0.2) is 0 Å². The molecular formula is C4H4N2O5S. The van der Waals surface area contributed by atoms with E-state index in [0.717, 1.165) is 12.3 Å². The SMILES string of the molecule is O=c1ccn(O[SH](=O)=O)c(=O)[nH]1. The van der Waals surface area contributed by atoms with Crippen LogP contribution in [0, 0.1) is 0 Å². The van der Waals surface area contributed by atoms with Crippen LogP contribution < -0.4 is 15.5 Å². The van der Waals surface area contributed by atoms with Gasteiger partial charge in [-0.1, -0.05) is 0 Å². The van der Waals surface area contributed by atoms with Crippen molar-refractivity contribution in [3.8, 4) is 0 Å². The zero-order valence-electron chi connectivity index (χ0n) is 5.59. The Morgan fingerprint density at radius 1 is 1.42 bits per heavy atom. The molecule has 66 valence electrons. The van der Waals surface area contributed by atoms with Crippen LogP contribution in [0.4, 0.5) is 0 Å². The van der Waals surface area contributed by atoms with Gasteiger partial charge in [0.25, 0.3) is 5.56 Å². The lowest BCUT2D eigenvalue weighted by Gasteiger charge is -1.96. The van der Waals surface area contributed by atoms with Gasteiger partial charge < -0.3 is 0 Å². The Bertz CT molecular complexity index is 447. The second-order valence-corrected chi connectivity index (χ2v) is 2.35. The molecule has 0 aliphatic heterocycles. The maximum absolute atomic E-state index is 10.7. The summed E-state index contributed by atoms with van der Waals surface area (Å²) >= 11 is 0. The lowest BCUT2D eigenvalue weighted by Crippen LogP contribution is -2.32. The summed E-state index contributed by atoms with van der Waals surface area (Å²) in [6, 6.07) is 0.959. The van der Waals surface area contributed by atoms with Gasteiger partial charge in [-0.3, -0.25) is 14.1 Å². The fourth-order valence-corrected chi connectivity index (χ4v) is 0.814. The monoisotopic (exact) mass is 192 g/mol. The molecule has 0 fully saturated rings. The fraction of sp³-hybridized carbons (Fsp3) is 0. The number of thiol groups is 1. The molecule has 1 N–H and O–H groups in total. The quantitative estimate of drug-likeness (QED) is 0.504. The molecule has 0 aliphatic rings. The normalized spacial score (nSPS) is 10.1. The first-order valence-electron chi connectivity index (χ1n) is 2.74. The molecule has 0 saturated heterocycles. The number of nitrogens with one attached hydrogen (secondary N) is 1. The van der Waals surface area contributed by atoms with E-state index in [2.05, 4.69) is 4.28 Å². The van der Waals surface area contributed by atoms with Crippen molar-refractivity contribution in [3.63, 3.8) is 0 Å². The summed E-state index contributed by atoms with van der Waals surface area (Å²) in [6.07, 6.45) is 0.909. The standard InChI is InChI=1S/C4H4N2O5S/c7-3-1-2-6(4(8)5-3)11-12(9)10/h1-2,12H,(H,5,7,8). The van der Waals surface area contributed by atoms with Crippen molar-refractivity contribution in [2.24, 2.45) is 0 Å². The highest BCUT2D eigenvalue weighted by Crippen LogP contribution is 1.68. The van der Waals surface area contributed by atoms with Crippen molar-refractivity contribution in [3.05, 3.63) is 33.1 Å². The summed E-state index contributed by atoms with van der Waals surface area (Å²) in [6.45, 7) is 0. The van der Waals surface area contributed by atoms with Crippen LogP contribution in [-0.2, 0) is 11.0 Å². The number of aromatic amines is 1. The maximum atomic E-state index is 10.7. The summed E-state index contributed by atoms with van der Waals surface area (Å²) in [5.41, 5.74) is -1.57. The Labute approximate surface area is 67.3 Å². The molecule has 0 bridgehead atoms. The molecule has 0 spiro atoms. The van der Waals surface area contributed by atoms with Crippen molar-refractivity contribution in [1.29, 1.82) is 0 Å². The largest absolute Gasteiger partial charge is 0.362 e. The molecule has 0 aliphatic carbocycles. The van der Waals surface area contributed by atoms with Crippen LogP contribution in [0.25, 0.3) is 0 Å². The summed E-state index contributed by atoms with van der Waals surface area (Å²) < 4.78 is 24.3. The molecule has 1 aromatic heterocycles. The number of hydrogen-bond acceptors (Lipinski definition) is 5. The highest BCUT2D eigenvalue weighted by atomic mass is 32.2.